The van der Waals surface area contributed by atoms with Crippen LogP contribution in [0, 0.1) is 0 Å². The Morgan fingerprint density at radius 1 is 1.73 bits per heavy atom. The maximum atomic E-state index is 11.9. The number of carbonyl (C=O) groups excluding carboxylic acids is 1. The van der Waals surface area contributed by atoms with E-state index in [1.54, 1.807) is 6.08 Å². The van der Waals surface area contributed by atoms with Crippen LogP contribution >= 0.6 is 0 Å². The van der Waals surface area contributed by atoms with Gasteiger partial charge in [0.25, 0.3) is 5.91 Å². The Labute approximate surface area is 66.7 Å². The SMILES string of the molecule is C=CCN(C(=O)CF)C(C)C. The van der Waals surface area contributed by atoms with Crippen LogP contribution in [0.15, 0.2) is 12.7 Å². The van der Waals surface area contributed by atoms with E-state index in [0.717, 1.165) is 0 Å². The summed E-state index contributed by atoms with van der Waals surface area (Å²) >= 11 is 0. The molecule has 0 aliphatic carbocycles. The van der Waals surface area contributed by atoms with Gasteiger partial charge >= 0.3 is 0 Å². The van der Waals surface area contributed by atoms with Gasteiger partial charge in [0.2, 0.25) is 0 Å². The Hall–Kier alpha value is -0.860. The number of hydrogen-bond donors (Lipinski definition) is 0. The predicted molar refractivity (Wildman–Crippen MR) is 43.0 cm³/mol. The Bertz CT molecular complexity index is 145. The molecule has 0 spiro atoms. The van der Waals surface area contributed by atoms with Crippen LogP contribution in [0.3, 0.4) is 0 Å². The lowest BCUT2D eigenvalue weighted by atomic mass is 10.3. The molecule has 0 aromatic rings. The average Bonchev–Trinajstić information content (AvgIpc) is 1.98. The molecule has 0 bridgehead atoms. The summed E-state index contributed by atoms with van der Waals surface area (Å²) in [6, 6.07) is 0.0382. The van der Waals surface area contributed by atoms with E-state index >= 15 is 0 Å². The van der Waals surface area contributed by atoms with Crippen LogP contribution in [-0.4, -0.2) is 30.1 Å². The van der Waals surface area contributed by atoms with Crippen LogP contribution in [0.5, 0.6) is 0 Å². The predicted octanol–water partition coefficient (Wildman–Crippen LogP) is 1.38. The van der Waals surface area contributed by atoms with E-state index in [0.29, 0.717) is 6.54 Å². The molecule has 3 heteroatoms. The fraction of sp³-hybridized carbons (Fsp3) is 0.625. The van der Waals surface area contributed by atoms with E-state index in [2.05, 4.69) is 6.58 Å². The van der Waals surface area contributed by atoms with E-state index < -0.39 is 12.6 Å². The minimum atomic E-state index is -0.925. The topological polar surface area (TPSA) is 20.3 Å². The summed E-state index contributed by atoms with van der Waals surface area (Å²) in [5.41, 5.74) is 0. The lowest BCUT2D eigenvalue weighted by Crippen LogP contribution is -2.37. The summed E-state index contributed by atoms with van der Waals surface area (Å²) in [7, 11) is 0. The van der Waals surface area contributed by atoms with E-state index in [1.165, 1.54) is 4.90 Å². The number of alkyl halides is 1. The molecule has 0 radical (unpaired) electrons. The highest BCUT2D eigenvalue weighted by atomic mass is 19.1. The second-order valence-corrected chi connectivity index (χ2v) is 2.56. The van der Waals surface area contributed by atoms with E-state index in [1.807, 2.05) is 13.8 Å². The van der Waals surface area contributed by atoms with Gasteiger partial charge in [0.1, 0.15) is 0 Å². The van der Waals surface area contributed by atoms with E-state index in [4.69, 9.17) is 0 Å². The van der Waals surface area contributed by atoms with Gasteiger partial charge in [0.15, 0.2) is 6.67 Å². The molecule has 0 saturated heterocycles. The highest BCUT2D eigenvalue weighted by Gasteiger charge is 2.13. The molecule has 0 aromatic heterocycles. The summed E-state index contributed by atoms with van der Waals surface area (Å²) in [5, 5.41) is 0. The smallest absolute Gasteiger partial charge is 0.254 e. The Kier molecular flexibility index (Phi) is 4.50. The van der Waals surface area contributed by atoms with Crippen LogP contribution in [0.2, 0.25) is 0 Å². The molecule has 0 aromatic carbocycles. The zero-order valence-corrected chi connectivity index (χ0v) is 7.01. The zero-order valence-electron chi connectivity index (χ0n) is 7.01. The molecule has 11 heavy (non-hydrogen) atoms. The molecule has 0 heterocycles. The molecule has 0 fully saturated rings. The quantitative estimate of drug-likeness (QED) is 0.567. The van der Waals surface area contributed by atoms with Crippen LogP contribution in [-0.2, 0) is 4.79 Å². The third kappa shape index (κ3) is 3.16. The van der Waals surface area contributed by atoms with Gasteiger partial charge in [0.05, 0.1) is 0 Å². The van der Waals surface area contributed by atoms with Crippen molar-refractivity contribution in [2.45, 2.75) is 19.9 Å². The van der Waals surface area contributed by atoms with Crippen molar-refractivity contribution in [2.24, 2.45) is 0 Å². The van der Waals surface area contributed by atoms with Crippen molar-refractivity contribution in [1.82, 2.24) is 4.90 Å². The molecule has 0 saturated carbocycles. The Morgan fingerprint density at radius 3 is 2.55 bits per heavy atom. The third-order valence-electron chi connectivity index (χ3n) is 1.38. The van der Waals surface area contributed by atoms with Gasteiger partial charge in [-0.15, -0.1) is 6.58 Å². The molecular formula is C8H14FNO. The highest BCUT2D eigenvalue weighted by Crippen LogP contribution is 1.98. The van der Waals surface area contributed by atoms with Crippen LogP contribution < -0.4 is 0 Å². The molecule has 0 unspecified atom stereocenters. The number of amides is 1. The molecule has 0 N–H and O–H groups in total. The molecule has 2 nitrogen and oxygen atoms in total. The number of rotatable bonds is 4. The maximum Gasteiger partial charge on any atom is 0.254 e. The van der Waals surface area contributed by atoms with Crippen molar-refractivity contribution >= 4 is 5.91 Å². The van der Waals surface area contributed by atoms with Crippen LogP contribution in [0.4, 0.5) is 4.39 Å². The standard InChI is InChI=1S/C8H14FNO/c1-4-5-10(7(2)3)8(11)6-9/h4,7H,1,5-6H2,2-3H3. The summed E-state index contributed by atoms with van der Waals surface area (Å²) in [6.45, 7) is 6.66. The van der Waals surface area contributed by atoms with Crippen molar-refractivity contribution in [3.8, 4) is 0 Å². The lowest BCUT2D eigenvalue weighted by molar-refractivity contribution is -0.133. The highest BCUT2D eigenvalue weighted by molar-refractivity contribution is 5.77. The normalized spacial score (nSPS) is 9.82. The van der Waals surface area contributed by atoms with Crippen molar-refractivity contribution < 1.29 is 9.18 Å². The zero-order chi connectivity index (χ0) is 8.85. The van der Waals surface area contributed by atoms with Crippen LogP contribution in [0.1, 0.15) is 13.8 Å². The molecule has 0 aliphatic heterocycles. The van der Waals surface area contributed by atoms with Crippen molar-refractivity contribution in [3.63, 3.8) is 0 Å². The van der Waals surface area contributed by atoms with Crippen LogP contribution in [0.25, 0.3) is 0 Å². The second kappa shape index (κ2) is 4.88. The van der Waals surface area contributed by atoms with Gasteiger partial charge in [-0.2, -0.15) is 0 Å². The lowest BCUT2D eigenvalue weighted by Gasteiger charge is -2.23. The largest absolute Gasteiger partial charge is 0.334 e. The second-order valence-electron chi connectivity index (χ2n) is 2.56. The maximum absolute atomic E-state index is 11.9. The fourth-order valence-electron chi connectivity index (χ4n) is 0.816. The first kappa shape index (κ1) is 10.1. The number of nitrogens with zero attached hydrogens (tertiary/aromatic N) is 1. The van der Waals surface area contributed by atoms with Crippen molar-refractivity contribution in [1.29, 1.82) is 0 Å². The summed E-state index contributed by atoms with van der Waals surface area (Å²) in [6.07, 6.45) is 1.59. The summed E-state index contributed by atoms with van der Waals surface area (Å²) in [5.74, 6) is -0.472. The summed E-state index contributed by atoms with van der Waals surface area (Å²) < 4.78 is 11.9. The number of carbonyl (C=O) groups is 1. The molecular weight excluding hydrogens is 145 g/mol. The minimum Gasteiger partial charge on any atom is -0.334 e. The molecule has 0 atom stereocenters. The molecule has 1 amide bonds. The number of halogens is 1. The van der Waals surface area contributed by atoms with Crippen molar-refractivity contribution in [2.75, 3.05) is 13.2 Å². The van der Waals surface area contributed by atoms with Crippen molar-refractivity contribution in [3.05, 3.63) is 12.7 Å². The molecule has 0 rings (SSSR count). The van der Waals surface area contributed by atoms with Gasteiger partial charge in [-0.25, -0.2) is 4.39 Å². The molecule has 64 valence electrons. The fourth-order valence-corrected chi connectivity index (χ4v) is 0.816. The van der Waals surface area contributed by atoms with Gasteiger partial charge in [-0.3, -0.25) is 4.79 Å². The van der Waals surface area contributed by atoms with E-state index in [9.17, 15) is 9.18 Å². The Morgan fingerprint density at radius 2 is 2.27 bits per heavy atom. The first-order valence-corrected chi connectivity index (χ1v) is 3.59. The number of hydrogen-bond acceptors (Lipinski definition) is 1. The van der Waals surface area contributed by atoms with Gasteiger partial charge in [-0.1, -0.05) is 6.08 Å². The summed E-state index contributed by atoms with van der Waals surface area (Å²) in [4.78, 5) is 12.3. The van der Waals surface area contributed by atoms with Gasteiger partial charge in [0, 0.05) is 12.6 Å². The molecule has 0 aliphatic rings. The van der Waals surface area contributed by atoms with E-state index in [-0.39, 0.29) is 6.04 Å². The Balaban J connectivity index is 4.08. The first-order chi connectivity index (χ1) is 5.13. The average molecular weight is 159 g/mol. The van der Waals surface area contributed by atoms with Gasteiger partial charge < -0.3 is 4.90 Å². The first-order valence-electron chi connectivity index (χ1n) is 3.59. The monoisotopic (exact) mass is 159 g/mol. The minimum absolute atomic E-state index is 0.0382. The third-order valence-corrected chi connectivity index (χ3v) is 1.38. The van der Waals surface area contributed by atoms with Gasteiger partial charge in [-0.05, 0) is 13.8 Å².